The molecule has 2 N–H and O–H groups in total. The third-order valence-electron chi connectivity index (χ3n) is 3.20. The third kappa shape index (κ3) is 4.54. The third-order valence-corrected chi connectivity index (χ3v) is 3.20. The second-order valence-electron chi connectivity index (χ2n) is 5.95. The number of nitrogens with one attached hydrogen (secondary N) is 1. The van der Waals surface area contributed by atoms with Crippen molar-refractivity contribution in [3.63, 3.8) is 0 Å². The molecule has 0 radical (unpaired) electrons. The molecular formula is C13H22N2O4. The molecule has 0 aliphatic carbocycles. The number of nitrogens with zero attached hydrogens (tertiary/aromatic N) is 1. The highest BCUT2D eigenvalue weighted by Gasteiger charge is 2.29. The Labute approximate surface area is 113 Å². The lowest BCUT2D eigenvalue weighted by molar-refractivity contribution is -0.146. The zero-order chi connectivity index (χ0) is 14.6. The van der Waals surface area contributed by atoms with Gasteiger partial charge in [-0.05, 0) is 12.8 Å². The molecule has 1 rings (SSSR count). The largest absolute Gasteiger partial charge is 0.481 e. The van der Waals surface area contributed by atoms with Gasteiger partial charge in [-0.15, -0.1) is 0 Å². The number of amides is 2. The van der Waals surface area contributed by atoms with Gasteiger partial charge in [0.15, 0.2) is 0 Å². The van der Waals surface area contributed by atoms with Gasteiger partial charge in [0.05, 0.1) is 12.5 Å². The van der Waals surface area contributed by atoms with Crippen LogP contribution in [-0.2, 0) is 14.4 Å². The Balaban J connectivity index is 2.45. The molecule has 1 aliphatic rings. The normalized spacial score (nSPS) is 19.9. The van der Waals surface area contributed by atoms with E-state index in [1.807, 2.05) is 0 Å². The Hall–Kier alpha value is -1.59. The van der Waals surface area contributed by atoms with Crippen LogP contribution in [0.25, 0.3) is 0 Å². The van der Waals surface area contributed by atoms with E-state index in [9.17, 15) is 14.4 Å². The number of carboxylic acids is 1. The maximum atomic E-state index is 11.9. The fourth-order valence-electron chi connectivity index (χ4n) is 1.94. The molecule has 0 aromatic carbocycles. The topological polar surface area (TPSA) is 86.7 Å². The van der Waals surface area contributed by atoms with E-state index in [1.54, 1.807) is 20.8 Å². The lowest BCUT2D eigenvalue weighted by Gasteiger charge is -2.31. The zero-order valence-electron chi connectivity index (χ0n) is 11.7. The van der Waals surface area contributed by atoms with Gasteiger partial charge in [0.1, 0.15) is 0 Å². The fourth-order valence-corrected chi connectivity index (χ4v) is 1.94. The number of likely N-dealkylation sites (tertiary alicyclic amines) is 1. The van der Waals surface area contributed by atoms with Crippen LogP contribution >= 0.6 is 0 Å². The van der Waals surface area contributed by atoms with Crippen molar-refractivity contribution in [2.75, 3.05) is 19.6 Å². The number of carboxylic acid groups (broad SMARTS) is 1. The number of piperidine rings is 1. The van der Waals surface area contributed by atoms with Crippen molar-refractivity contribution >= 4 is 17.8 Å². The molecule has 1 atom stereocenters. The summed E-state index contributed by atoms with van der Waals surface area (Å²) in [4.78, 5) is 36.0. The molecular weight excluding hydrogens is 248 g/mol. The van der Waals surface area contributed by atoms with E-state index < -0.39 is 17.3 Å². The molecule has 0 spiro atoms. The number of aliphatic carboxylic acids is 1. The first kappa shape index (κ1) is 15.5. The highest BCUT2D eigenvalue weighted by Crippen LogP contribution is 2.17. The first-order valence-corrected chi connectivity index (χ1v) is 6.50. The SMILES string of the molecule is CC(C)(C)C(=O)NCC(=O)N1CCC[C@H](C(=O)O)C1. The Bertz CT molecular complexity index is 373. The van der Waals surface area contributed by atoms with Gasteiger partial charge < -0.3 is 15.3 Å². The van der Waals surface area contributed by atoms with E-state index in [-0.39, 0.29) is 24.9 Å². The molecule has 19 heavy (non-hydrogen) atoms. The fraction of sp³-hybridized carbons (Fsp3) is 0.769. The summed E-state index contributed by atoms with van der Waals surface area (Å²) in [5, 5.41) is 11.5. The monoisotopic (exact) mass is 270 g/mol. The summed E-state index contributed by atoms with van der Waals surface area (Å²) < 4.78 is 0. The quantitative estimate of drug-likeness (QED) is 0.780. The lowest BCUT2D eigenvalue weighted by atomic mass is 9.95. The minimum atomic E-state index is -0.865. The molecule has 6 heteroatoms. The van der Waals surface area contributed by atoms with E-state index in [1.165, 1.54) is 4.90 Å². The first-order valence-electron chi connectivity index (χ1n) is 6.50. The lowest BCUT2D eigenvalue weighted by Crippen LogP contribution is -2.47. The molecule has 108 valence electrons. The number of hydrogen-bond donors (Lipinski definition) is 2. The van der Waals surface area contributed by atoms with E-state index in [0.717, 1.165) is 0 Å². The summed E-state index contributed by atoms with van der Waals surface area (Å²) in [5.41, 5.74) is -0.536. The van der Waals surface area contributed by atoms with Crippen molar-refractivity contribution in [1.29, 1.82) is 0 Å². The van der Waals surface area contributed by atoms with E-state index in [4.69, 9.17) is 5.11 Å². The molecule has 1 saturated heterocycles. The van der Waals surface area contributed by atoms with Gasteiger partial charge in [-0.1, -0.05) is 20.8 Å². The highest BCUT2D eigenvalue weighted by molar-refractivity contribution is 5.87. The predicted octanol–water partition coefficient (Wildman–Crippen LogP) is 0.472. The van der Waals surface area contributed by atoms with Crippen molar-refractivity contribution < 1.29 is 19.5 Å². The molecule has 0 aromatic heterocycles. The molecule has 0 saturated carbocycles. The minimum absolute atomic E-state index is 0.0670. The van der Waals surface area contributed by atoms with Crippen molar-refractivity contribution in [2.24, 2.45) is 11.3 Å². The van der Waals surface area contributed by atoms with Gasteiger partial charge in [0, 0.05) is 18.5 Å². The van der Waals surface area contributed by atoms with Gasteiger partial charge in [0.2, 0.25) is 11.8 Å². The van der Waals surface area contributed by atoms with Crippen molar-refractivity contribution in [3.8, 4) is 0 Å². The average Bonchev–Trinajstić information content (AvgIpc) is 2.34. The smallest absolute Gasteiger partial charge is 0.308 e. The van der Waals surface area contributed by atoms with Crippen LogP contribution in [0.15, 0.2) is 0 Å². The average molecular weight is 270 g/mol. The maximum absolute atomic E-state index is 11.9. The van der Waals surface area contributed by atoms with Gasteiger partial charge in [-0.25, -0.2) is 0 Å². The van der Waals surface area contributed by atoms with Crippen LogP contribution in [0.4, 0.5) is 0 Å². The van der Waals surface area contributed by atoms with Crippen LogP contribution in [0.2, 0.25) is 0 Å². The van der Waals surface area contributed by atoms with Gasteiger partial charge >= 0.3 is 5.97 Å². The van der Waals surface area contributed by atoms with Crippen LogP contribution in [0.1, 0.15) is 33.6 Å². The molecule has 0 bridgehead atoms. The van der Waals surface area contributed by atoms with Gasteiger partial charge in [-0.3, -0.25) is 14.4 Å². The molecule has 1 fully saturated rings. The Kier molecular flexibility index (Phi) is 4.91. The van der Waals surface area contributed by atoms with Crippen molar-refractivity contribution in [3.05, 3.63) is 0 Å². The zero-order valence-corrected chi connectivity index (χ0v) is 11.7. The molecule has 1 heterocycles. The van der Waals surface area contributed by atoms with Crippen LogP contribution in [-0.4, -0.2) is 47.4 Å². The molecule has 2 amide bonds. The standard InChI is InChI=1S/C13H22N2O4/c1-13(2,3)12(19)14-7-10(16)15-6-4-5-9(8-15)11(17)18/h9H,4-8H2,1-3H3,(H,14,19)(H,17,18)/t9-/m0/s1. The number of rotatable bonds is 3. The predicted molar refractivity (Wildman–Crippen MR) is 69.4 cm³/mol. The summed E-state index contributed by atoms with van der Waals surface area (Å²) in [6, 6.07) is 0. The van der Waals surface area contributed by atoms with Crippen LogP contribution in [0.3, 0.4) is 0 Å². The van der Waals surface area contributed by atoms with E-state index >= 15 is 0 Å². The van der Waals surface area contributed by atoms with Crippen LogP contribution in [0, 0.1) is 11.3 Å². The number of hydrogen-bond acceptors (Lipinski definition) is 3. The molecule has 0 unspecified atom stereocenters. The summed E-state index contributed by atoms with van der Waals surface area (Å²) >= 11 is 0. The number of carbonyl (C=O) groups is 3. The first-order chi connectivity index (χ1) is 8.71. The summed E-state index contributed by atoms with van der Waals surface area (Å²) in [7, 11) is 0. The molecule has 1 aliphatic heterocycles. The number of carbonyl (C=O) groups excluding carboxylic acids is 2. The van der Waals surface area contributed by atoms with Crippen molar-refractivity contribution in [2.45, 2.75) is 33.6 Å². The Morgan fingerprint density at radius 2 is 1.95 bits per heavy atom. The van der Waals surface area contributed by atoms with Crippen LogP contribution < -0.4 is 5.32 Å². The molecule has 0 aromatic rings. The second-order valence-corrected chi connectivity index (χ2v) is 5.95. The highest BCUT2D eigenvalue weighted by atomic mass is 16.4. The minimum Gasteiger partial charge on any atom is -0.481 e. The van der Waals surface area contributed by atoms with Crippen molar-refractivity contribution in [1.82, 2.24) is 10.2 Å². The van der Waals surface area contributed by atoms with Gasteiger partial charge in [-0.2, -0.15) is 0 Å². The molecule has 6 nitrogen and oxygen atoms in total. The summed E-state index contributed by atoms with van der Waals surface area (Å²) in [6.07, 6.45) is 1.30. The Morgan fingerprint density at radius 3 is 2.47 bits per heavy atom. The summed E-state index contributed by atoms with van der Waals surface area (Å²) in [6.45, 7) is 6.05. The van der Waals surface area contributed by atoms with E-state index in [2.05, 4.69) is 5.32 Å². The second kappa shape index (κ2) is 6.04. The van der Waals surface area contributed by atoms with Crippen LogP contribution in [0.5, 0.6) is 0 Å². The Morgan fingerprint density at radius 1 is 1.32 bits per heavy atom. The van der Waals surface area contributed by atoms with Gasteiger partial charge in [0.25, 0.3) is 0 Å². The maximum Gasteiger partial charge on any atom is 0.308 e. The summed E-state index contributed by atoms with van der Waals surface area (Å²) in [5.74, 6) is -1.76. The van der Waals surface area contributed by atoms with E-state index in [0.29, 0.717) is 19.4 Å².